The van der Waals surface area contributed by atoms with Gasteiger partial charge in [-0.05, 0) is 23.8 Å². The van der Waals surface area contributed by atoms with Gasteiger partial charge in [0.2, 0.25) is 11.2 Å². The van der Waals surface area contributed by atoms with E-state index in [2.05, 4.69) is 29.0 Å². The van der Waals surface area contributed by atoms with E-state index in [0.29, 0.717) is 51.3 Å². The number of carboxylic acid groups (broad SMARTS) is 1. The number of ether oxygens (including phenoxy) is 1. The molecule has 174 valence electrons. The van der Waals surface area contributed by atoms with Crippen molar-refractivity contribution in [3.8, 4) is 5.75 Å². The SMILES string of the molecule is CN=c1c2c(N3CC4C(C3)C3(N)C=CC4(C)C3)c(F)cc3c(=O)c(OC(=O)O)c4scc1n4c32. The Balaban J connectivity index is 1.52. The fourth-order valence-electron chi connectivity index (χ4n) is 7.02. The van der Waals surface area contributed by atoms with E-state index < -0.39 is 17.4 Å². The van der Waals surface area contributed by atoms with E-state index in [4.69, 9.17) is 15.6 Å². The highest BCUT2D eigenvalue weighted by Gasteiger charge is 2.62. The molecule has 2 bridgehead atoms. The van der Waals surface area contributed by atoms with Crippen LogP contribution in [0.15, 0.2) is 33.4 Å². The quantitative estimate of drug-likeness (QED) is 0.337. The molecule has 1 saturated carbocycles. The Bertz CT molecular complexity index is 1680. The molecule has 7 rings (SSSR count). The summed E-state index contributed by atoms with van der Waals surface area (Å²) in [5.74, 6) is -0.318. The number of carbonyl (C=O) groups is 1. The molecule has 10 heteroatoms. The van der Waals surface area contributed by atoms with Gasteiger partial charge in [0.25, 0.3) is 0 Å². The molecule has 0 radical (unpaired) electrons. The van der Waals surface area contributed by atoms with Crippen molar-refractivity contribution in [2.24, 2.45) is 28.0 Å². The Morgan fingerprint density at radius 1 is 1.35 bits per heavy atom. The summed E-state index contributed by atoms with van der Waals surface area (Å²) in [5, 5.41) is 12.2. The number of hydrogen-bond acceptors (Lipinski definition) is 7. The predicted molar refractivity (Wildman–Crippen MR) is 127 cm³/mol. The van der Waals surface area contributed by atoms with Crippen molar-refractivity contribution in [1.82, 2.24) is 4.40 Å². The zero-order valence-electron chi connectivity index (χ0n) is 18.5. The zero-order chi connectivity index (χ0) is 23.7. The topological polar surface area (TPSA) is 110 Å². The minimum Gasteiger partial charge on any atom is -0.449 e. The Kier molecular flexibility index (Phi) is 3.59. The van der Waals surface area contributed by atoms with E-state index in [1.54, 1.807) is 16.8 Å². The summed E-state index contributed by atoms with van der Waals surface area (Å²) in [6.45, 7) is 3.52. The number of aromatic nitrogens is 1. The maximum Gasteiger partial charge on any atom is 0.511 e. The predicted octanol–water partition coefficient (Wildman–Crippen LogP) is 3.00. The number of pyridine rings is 1. The largest absolute Gasteiger partial charge is 0.511 e. The van der Waals surface area contributed by atoms with Crippen molar-refractivity contribution >= 4 is 49.8 Å². The normalized spacial score (nSPS) is 30.6. The minimum absolute atomic E-state index is 0.00497. The van der Waals surface area contributed by atoms with Crippen LogP contribution in [0.1, 0.15) is 13.3 Å². The summed E-state index contributed by atoms with van der Waals surface area (Å²) < 4.78 is 22.5. The van der Waals surface area contributed by atoms with Gasteiger partial charge in [-0.1, -0.05) is 19.1 Å². The second kappa shape index (κ2) is 6.05. The van der Waals surface area contributed by atoms with Gasteiger partial charge in [-0.25, -0.2) is 9.18 Å². The highest BCUT2D eigenvalue weighted by Crippen LogP contribution is 2.60. The van der Waals surface area contributed by atoms with Crippen LogP contribution in [-0.4, -0.2) is 41.3 Å². The van der Waals surface area contributed by atoms with Crippen molar-refractivity contribution in [3.63, 3.8) is 0 Å². The fourth-order valence-corrected chi connectivity index (χ4v) is 7.99. The van der Waals surface area contributed by atoms with Gasteiger partial charge in [-0.3, -0.25) is 14.2 Å². The average molecular weight is 481 g/mol. The van der Waals surface area contributed by atoms with Gasteiger partial charge in [-0.15, -0.1) is 11.3 Å². The first-order valence-electron chi connectivity index (χ1n) is 11.1. The third-order valence-electron chi connectivity index (χ3n) is 8.35. The van der Waals surface area contributed by atoms with Gasteiger partial charge in [0.1, 0.15) is 10.6 Å². The van der Waals surface area contributed by atoms with Crippen LogP contribution < -0.4 is 26.2 Å². The Labute approximate surface area is 196 Å². The molecular formula is C24H21FN4O4S. The zero-order valence-corrected chi connectivity index (χ0v) is 19.3. The summed E-state index contributed by atoms with van der Waals surface area (Å²) >= 11 is 1.20. The van der Waals surface area contributed by atoms with E-state index in [0.717, 1.165) is 6.42 Å². The molecule has 0 amide bonds. The molecule has 1 aliphatic heterocycles. The van der Waals surface area contributed by atoms with Crippen molar-refractivity contribution in [3.05, 3.63) is 45.0 Å². The first-order valence-corrected chi connectivity index (χ1v) is 12.0. The first-order chi connectivity index (χ1) is 16.2. The van der Waals surface area contributed by atoms with Crippen LogP contribution in [0, 0.1) is 23.1 Å². The number of allylic oxidation sites excluding steroid dienone is 1. The average Bonchev–Trinajstić information content (AvgIpc) is 3.54. The molecule has 4 atom stereocenters. The van der Waals surface area contributed by atoms with Gasteiger partial charge in [0, 0.05) is 37.0 Å². The van der Waals surface area contributed by atoms with Crippen molar-refractivity contribution in [2.45, 2.75) is 18.9 Å². The summed E-state index contributed by atoms with van der Waals surface area (Å²) in [4.78, 5) is 31.4. The molecular weight excluding hydrogens is 459 g/mol. The van der Waals surface area contributed by atoms with Crippen LogP contribution in [0.3, 0.4) is 0 Å². The van der Waals surface area contributed by atoms with Gasteiger partial charge >= 0.3 is 6.16 Å². The third-order valence-corrected chi connectivity index (χ3v) is 9.28. The Hall–Kier alpha value is -3.24. The Morgan fingerprint density at radius 3 is 2.82 bits per heavy atom. The summed E-state index contributed by atoms with van der Waals surface area (Å²) in [6, 6.07) is 1.21. The van der Waals surface area contributed by atoms with Gasteiger partial charge in [-0.2, -0.15) is 0 Å². The number of nitrogens with two attached hydrogens (primary N) is 1. The lowest BCUT2D eigenvalue weighted by Crippen LogP contribution is -2.43. The molecule has 8 nitrogen and oxygen atoms in total. The molecule has 3 N–H and O–H groups in total. The number of rotatable bonds is 2. The fraction of sp³-hybridized carbons (Fsp3) is 0.375. The van der Waals surface area contributed by atoms with Crippen molar-refractivity contribution in [2.75, 3.05) is 25.0 Å². The number of halogens is 1. The first kappa shape index (κ1) is 20.2. The number of nitrogens with zero attached hydrogens (tertiary/aromatic N) is 3. The Morgan fingerprint density at radius 2 is 2.12 bits per heavy atom. The standard InChI is InChI=1S/C24H21FN4O4S/c1-23-3-4-24(26,9-23)12-7-28(6-11(12)23)18-13(25)5-10-17-15(18)16(27-2)14-8-34-21(29(14)17)20(19(10)30)33-22(31)32/h3-5,8,11-12H,6-7,9,26H2,1-2H3,(H,31,32). The molecule has 0 spiro atoms. The number of benzene rings is 1. The maximum absolute atomic E-state index is 15.9. The lowest BCUT2D eigenvalue weighted by molar-refractivity contribution is 0.144. The highest BCUT2D eigenvalue weighted by molar-refractivity contribution is 7.16. The van der Waals surface area contributed by atoms with Crippen LogP contribution in [-0.2, 0) is 0 Å². The molecule has 2 aliphatic carbocycles. The van der Waals surface area contributed by atoms with E-state index in [-0.39, 0.29) is 28.0 Å². The minimum atomic E-state index is -1.59. The molecule has 3 aromatic heterocycles. The highest BCUT2D eigenvalue weighted by atomic mass is 32.1. The molecule has 1 saturated heterocycles. The molecule has 4 unspecified atom stereocenters. The van der Waals surface area contributed by atoms with Crippen LogP contribution in [0.25, 0.3) is 26.6 Å². The summed E-state index contributed by atoms with van der Waals surface area (Å²) in [5.41, 5.74) is 7.37. The molecule has 4 heterocycles. The number of fused-ring (bicyclic) bond motifs is 5. The smallest absolute Gasteiger partial charge is 0.449 e. The monoisotopic (exact) mass is 480 g/mol. The second-order valence-corrected chi connectivity index (χ2v) is 10.9. The molecule has 4 aromatic rings. The van der Waals surface area contributed by atoms with Gasteiger partial charge in [0.05, 0.1) is 32.9 Å². The second-order valence-electron chi connectivity index (χ2n) is 10.1. The third kappa shape index (κ3) is 2.18. The van der Waals surface area contributed by atoms with E-state index in [9.17, 15) is 9.59 Å². The number of hydrogen-bond donors (Lipinski definition) is 2. The lowest BCUT2D eigenvalue weighted by Gasteiger charge is -2.29. The maximum atomic E-state index is 15.9. The van der Waals surface area contributed by atoms with E-state index in [1.807, 2.05) is 0 Å². The lowest BCUT2D eigenvalue weighted by atomic mass is 9.76. The molecule has 1 aromatic carbocycles. The van der Waals surface area contributed by atoms with Crippen molar-refractivity contribution < 1.29 is 19.0 Å². The van der Waals surface area contributed by atoms with Crippen molar-refractivity contribution in [1.29, 1.82) is 0 Å². The molecule has 3 aliphatic rings. The number of thiazole rings is 1. The van der Waals surface area contributed by atoms with Gasteiger partial charge in [0.15, 0.2) is 0 Å². The van der Waals surface area contributed by atoms with E-state index in [1.165, 1.54) is 17.4 Å². The van der Waals surface area contributed by atoms with Crippen LogP contribution in [0.2, 0.25) is 0 Å². The van der Waals surface area contributed by atoms with Crippen LogP contribution >= 0.6 is 11.3 Å². The molecule has 2 fully saturated rings. The summed E-state index contributed by atoms with van der Waals surface area (Å²) in [6.07, 6.45) is 3.66. The van der Waals surface area contributed by atoms with E-state index >= 15 is 4.39 Å². The summed E-state index contributed by atoms with van der Waals surface area (Å²) in [7, 11) is 1.64. The molecule has 34 heavy (non-hydrogen) atoms. The number of anilines is 1. The van der Waals surface area contributed by atoms with Gasteiger partial charge < -0.3 is 20.5 Å². The van der Waals surface area contributed by atoms with Crippen LogP contribution in [0.5, 0.6) is 5.75 Å². The van der Waals surface area contributed by atoms with Crippen LogP contribution in [0.4, 0.5) is 14.9 Å².